The number of fused-ring (bicyclic) bond motifs is 2. The normalized spacial score (nSPS) is 16.7. The number of H-pyrrole nitrogens is 1. The standard InChI is InChI=1S/C26H29N3O4S/c1-2-17-5-7-22-19(10-17)12-20(25(30)28-22)15-29(26(34)27-13-21-4-3-9-31-21)14-18-6-8-23-24(11-18)33-16-32-23/h5-8,10-12,21H,2-4,9,13-16H2,1H3,(H,27,34)(H,28,30). The number of benzene rings is 2. The van der Waals surface area contributed by atoms with Crippen molar-refractivity contribution in [1.29, 1.82) is 0 Å². The molecule has 2 aromatic carbocycles. The molecule has 178 valence electrons. The fourth-order valence-electron chi connectivity index (χ4n) is 4.42. The molecule has 1 aromatic heterocycles. The zero-order valence-corrected chi connectivity index (χ0v) is 20.1. The van der Waals surface area contributed by atoms with Crippen LogP contribution in [0, 0.1) is 0 Å². The highest BCUT2D eigenvalue weighted by atomic mass is 32.1. The molecule has 1 atom stereocenters. The van der Waals surface area contributed by atoms with Crippen LogP contribution in [0.3, 0.4) is 0 Å². The SMILES string of the molecule is CCc1ccc2[nH]c(=O)c(CN(Cc3ccc4c(c3)OCO4)C(=S)NCC3CCCO3)cc2c1. The van der Waals surface area contributed by atoms with Gasteiger partial charge in [0.2, 0.25) is 6.79 Å². The number of ether oxygens (including phenoxy) is 3. The summed E-state index contributed by atoms with van der Waals surface area (Å²) in [6, 6.07) is 14.0. The smallest absolute Gasteiger partial charge is 0.253 e. The van der Waals surface area contributed by atoms with Crippen molar-refractivity contribution in [2.75, 3.05) is 19.9 Å². The Bertz CT molecular complexity index is 1250. The van der Waals surface area contributed by atoms with Crippen LogP contribution in [-0.2, 0) is 24.2 Å². The van der Waals surface area contributed by atoms with Gasteiger partial charge in [-0.05, 0) is 78.3 Å². The van der Waals surface area contributed by atoms with Gasteiger partial charge < -0.3 is 29.4 Å². The van der Waals surface area contributed by atoms with Crippen molar-refractivity contribution in [3.8, 4) is 11.5 Å². The van der Waals surface area contributed by atoms with E-state index in [1.807, 2.05) is 41.3 Å². The summed E-state index contributed by atoms with van der Waals surface area (Å²) < 4.78 is 16.7. The maximum Gasteiger partial charge on any atom is 0.253 e. The quantitative estimate of drug-likeness (QED) is 0.498. The molecule has 5 rings (SSSR count). The molecule has 8 heteroatoms. The average Bonchev–Trinajstić information content (AvgIpc) is 3.54. The Balaban J connectivity index is 1.40. The van der Waals surface area contributed by atoms with E-state index in [1.165, 1.54) is 5.56 Å². The molecule has 1 saturated heterocycles. The van der Waals surface area contributed by atoms with E-state index in [4.69, 9.17) is 26.4 Å². The van der Waals surface area contributed by atoms with Crippen LogP contribution in [0.25, 0.3) is 10.9 Å². The van der Waals surface area contributed by atoms with Crippen LogP contribution < -0.4 is 20.3 Å². The lowest BCUT2D eigenvalue weighted by Gasteiger charge is -2.27. The molecular formula is C26H29N3O4S. The molecule has 2 aliphatic heterocycles. The van der Waals surface area contributed by atoms with Crippen LogP contribution >= 0.6 is 12.2 Å². The molecule has 3 heterocycles. The Morgan fingerprint density at radius 3 is 2.79 bits per heavy atom. The average molecular weight is 480 g/mol. The third kappa shape index (κ3) is 5.03. The fourth-order valence-corrected chi connectivity index (χ4v) is 4.63. The molecule has 1 unspecified atom stereocenters. The lowest BCUT2D eigenvalue weighted by Crippen LogP contribution is -2.42. The molecule has 34 heavy (non-hydrogen) atoms. The van der Waals surface area contributed by atoms with Crippen molar-refractivity contribution < 1.29 is 14.2 Å². The van der Waals surface area contributed by atoms with Crippen molar-refractivity contribution in [2.45, 2.75) is 45.4 Å². The highest BCUT2D eigenvalue weighted by Crippen LogP contribution is 2.33. The molecule has 1 fully saturated rings. The minimum atomic E-state index is -0.102. The lowest BCUT2D eigenvalue weighted by atomic mass is 10.1. The Labute approximate surface area is 204 Å². The second-order valence-corrected chi connectivity index (χ2v) is 9.15. The summed E-state index contributed by atoms with van der Waals surface area (Å²) in [5, 5.41) is 4.97. The van der Waals surface area contributed by atoms with Crippen molar-refractivity contribution in [3.63, 3.8) is 0 Å². The van der Waals surface area contributed by atoms with E-state index in [0.717, 1.165) is 53.8 Å². The number of rotatable bonds is 7. The summed E-state index contributed by atoms with van der Waals surface area (Å²) in [4.78, 5) is 18.0. The Morgan fingerprint density at radius 2 is 1.97 bits per heavy atom. The molecule has 0 spiro atoms. The van der Waals surface area contributed by atoms with Crippen molar-refractivity contribution in [3.05, 3.63) is 69.5 Å². The number of aromatic nitrogens is 1. The van der Waals surface area contributed by atoms with Gasteiger partial charge in [-0.3, -0.25) is 4.79 Å². The van der Waals surface area contributed by atoms with E-state index in [-0.39, 0.29) is 18.5 Å². The minimum absolute atomic E-state index is 0.102. The molecule has 0 bridgehead atoms. The van der Waals surface area contributed by atoms with Gasteiger partial charge in [-0.1, -0.05) is 19.1 Å². The largest absolute Gasteiger partial charge is 0.454 e. The summed E-state index contributed by atoms with van der Waals surface area (Å²) in [5.41, 5.74) is 3.66. The van der Waals surface area contributed by atoms with E-state index < -0.39 is 0 Å². The first-order valence-electron chi connectivity index (χ1n) is 11.8. The van der Waals surface area contributed by atoms with Crippen LogP contribution in [-0.4, -0.2) is 41.0 Å². The van der Waals surface area contributed by atoms with E-state index in [9.17, 15) is 4.79 Å². The number of thiocarbonyl (C=S) groups is 1. The topological polar surface area (TPSA) is 75.8 Å². The summed E-state index contributed by atoms with van der Waals surface area (Å²) in [5.74, 6) is 1.47. The van der Waals surface area contributed by atoms with Gasteiger partial charge in [0, 0.05) is 30.8 Å². The second-order valence-electron chi connectivity index (χ2n) is 8.76. The number of aromatic amines is 1. The zero-order chi connectivity index (χ0) is 23.5. The maximum absolute atomic E-state index is 12.9. The molecule has 0 saturated carbocycles. The third-order valence-electron chi connectivity index (χ3n) is 6.36. The predicted molar refractivity (Wildman–Crippen MR) is 135 cm³/mol. The van der Waals surface area contributed by atoms with Gasteiger partial charge in [0.25, 0.3) is 5.56 Å². The van der Waals surface area contributed by atoms with Gasteiger partial charge in [0.15, 0.2) is 16.6 Å². The molecular weight excluding hydrogens is 450 g/mol. The fraction of sp³-hybridized carbons (Fsp3) is 0.385. The van der Waals surface area contributed by atoms with Crippen LogP contribution in [0.5, 0.6) is 11.5 Å². The first kappa shape index (κ1) is 22.7. The van der Waals surface area contributed by atoms with Gasteiger partial charge in [0.1, 0.15) is 0 Å². The van der Waals surface area contributed by atoms with Gasteiger partial charge in [-0.25, -0.2) is 0 Å². The molecule has 0 aliphatic carbocycles. The monoisotopic (exact) mass is 479 g/mol. The van der Waals surface area contributed by atoms with Crippen molar-refractivity contribution >= 4 is 28.2 Å². The highest BCUT2D eigenvalue weighted by molar-refractivity contribution is 7.80. The molecule has 7 nitrogen and oxygen atoms in total. The molecule has 0 radical (unpaired) electrons. The maximum atomic E-state index is 12.9. The third-order valence-corrected chi connectivity index (χ3v) is 6.76. The van der Waals surface area contributed by atoms with Crippen LogP contribution in [0.2, 0.25) is 0 Å². The zero-order valence-electron chi connectivity index (χ0n) is 19.3. The van der Waals surface area contributed by atoms with Crippen molar-refractivity contribution in [2.24, 2.45) is 0 Å². The van der Waals surface area contributed by atoms with Crippen LogP contribution in [0.1, 0.15) is 36.5 Å². The Morgan fingerprint density at radius 1 is 1.12 bits per heavy atom. The summed E-state index contributed by atoms with van der Waals surface area (Å²) in [6.45, 7) is 4.72. The summed E-state index contributed by atoms with van der Waals surface area (Å²) in [7, 11) is 0. The van der Waals surface area contributed by atoms with Gasteiger partial charge >= 0.3 is 0 Å². The van der Waals surface area contributed by atoms with E-state index >= 15 is 0 Å². The van der Waals surface area contributed by atoms with E-state index in [2.05, 4.69) is 23.3 Å². The van der Waals surface area contributed by atoms with E-state index in [1.54, 1.807) is 0 Å². The Kier molecular flexibility index (Phi) is 6.69. The predicted octanol–water partition coefficient (Wildman–Crippen LogP) is 3.87. The number of pyridine rings is 1. The van der Waals surface area contributed by atoms with Gasteiger partial charge in [-0.15, -0.1) is 0 Å². The molecule has 3 aromatic rings. The molecule has 2 aliphatic rings. The van der Waals surface area contributed by atoms with Crippen molar-refractivity contribution in [1.82, 2.24) is 15.2 Å². The van der Waals surface area contributed by atoms with Crippen LogP contribution in [0.15, 0.2) is 47.3 Å². The van der Waals surface area contributed by atoms with E-state index in [0.29, 0.717) is 30.3 Å². The Hall–Kier alpha value is -3.10. The first-order valence-corrected chi connectivity index (χ1v) is 12.2. The summed E-state index contributed by atoms with van der Waals surface area (Å²) >= 11 is 5.78. The summed E-state index contributed by atoms with van der Waals surface area (Å²) in [6.07, 6.45) is 3.22. The van der Waals surface area contributed by atoms with Gasteiger partial charge in [-0.2, -0.15) is 0 Å². The number of hydrogen-bond donors (Lipinski definition) is 2. The highest BCUT2D eigenvalue weighted by Gasteiger charge is 2.20. The minimum Gasteiger partial charge on any atom is -0.454 e. The molecule has 2 N–H and O–H groups in total. The molecule has 0 amide bonds. The number of nitrogens with zero attached hydrogens (tertiary/aromatic N) is 1. The number of aryl methyl sites for hydroxylation is 1. The van der Waals surface area contributed by atoms with Gasteiger partial charge in [0.05, 0.1) is 12.6 Å². The second kappa shape index (κ2) is 10.0. The lowest BCUT2D eigenvalue weighted by molar-refractivity contribution is 0.113. The number of hydrogen-bond acceptors (Lipinski definition) is 5. The van der Waals surface area contributed by atoms with Crippen LogP contribution in [0.4, 0.5) is 0 Å². The first-order chi connectivity index (χ1) is 16.6. The number of nitrogens with one attached hydrogen (secondary N) is 2.